The zero-order chi connectivity index (χ0) is 15.7. The van der Waals surface area contributed by atoms with E-state index in [0.29, 0.717) is 26.2 Å². The van der Waals surface area contributed by atoms with E-state index >= 15 is 0 Å². The number of rotatable bonds is 9. The molecule has 0 aromatic heterocycles. The second-order valence-electron chi connectivity index (χ2n) is 4.01. The first-order valence-corrected chi connectivity index (χ1v) is 6.61. The number of nitrogens with zero attached hydrogens (tertiary/aromatic N) is 1. The molecule has 1 rings (SSSR count). The Morgan fingerprint density at radius 3 is 2.71 bits per heavy atom. The summed E-state index contributed by atoms with van der Waals surface area (Å²) in [5.74, 6) is -0.777. The topological polar surface area (TPSA) is 87.9 Å². The van der Waals surface area contributed by atoms with Crippen LogP contribution in [0.4, 0.5) is 5.69 Å². The molecule has 0 saturated carbocycles. The number of hydrogen-bond donors (Lipinski definition) is 0. The molecule has 0 unspecified atom stereocenters. The molecule has 7 nitrogen and oxygen atoms in total. The van der Waals surface area contributed by atoms with Gasteiger partial charge in [0.2, 0.25) is 0 Å². The Bertz CT molecular complexity index is 494. The third-order valence-electron chi connectivity index (χ3n) is 2.47. The van der Waals surface area contributed by atoms with Crippen LogP contribution in [-0.2, 0) is 14.2 Å². The largest absolute Gasteiger partial charge is 0.462 e. The molecule has 21 heavy (non-hydrogen) atoms. The zero-order valence-electron chi connectivity index (χ0n) is 11.5. The van der Waals surface area contributed by atoms with Crippen molar-refractivity contribution in [2.24, 2.45) is 0 Å². The van der Waals surface area contributed by atoms with Crippen LogP contribution < -0.4 is 0 Å². The average molecular weight is 318 g/mol. The molecule has 0 heterocycles. The number of nitro groups is 1. The number of carbonyl (C=O) groups excluding carboxylic acids is 1. The summed E-state index contributed by atoms with van der Waals surface area (Å²) in [6.07, 6.45) is 0.490. The van der Waals surface area contributed by atoms with Crippen molar-refractivity contribution in [3.63, 3.8) is 0 Å². The van der Waals surface area contributed by atoms with Crippen molar-refractivity contribution in [2.45, 2.75) is 6.42 Å². The predicted octanol–water partition coefficient (Wildman–Crippen LogP) is 2.46. The maximum Gasteiger partial charge on any atom is 0.345 e. The minimum absolute atomic E-state index is 0.107. The Hall–Kier alpha value is -1.70. The van der Waals surface area contributed by atoms with Crippen LogP contribution in [0.1, 0.15) is 16.8 Å². The Balaban J connectivity index is 2.45. The molecule has 0 aliphatic heterocycles. The van der Waals surface area contributed by atoms with Crippen molar-refractivity contribution < 1.29 is 23.9 Å². The van der Waals surface area contributed by atoms with Crippen LogP contribution in [-0.4, -0.2) is 44.4 Å². The van der Waals surface area contributed by atoms with Gasteiger partial charge >= 0.3 is 5.97 Å². The van der Waals surface area contributed by atoms with E-state index in [9.17, 15) is 14.9 Å². The van der Waals surface area contributed by atoms with E-state index in [0.717, 1.165) is 0 Å². The van der Waals surface area contributed by atoms with Crippen molar-refractivity contribution >= 4 is 23.3 Å². The third kappa shape index (κ3) is 6.07. The highest BCUT2D eigenvalue weighted by molar-refractivity contribution is 6.31. The lowest BCUT2D eigenvalue weighted by Crippen LogP contribution is -2.11. The van der Waals surface area contributed by atoms with Gasteiger partial charge < -0.3 is 14.2 Å². The predicted molar refractivity (Wildman–Crippen MR) is 75.7 cm³/mol. The Labute approximate surface area is 126 Å². The van der Waals surface area contributed by atoms with Gasteiger partial charge in [-0.2, -0.15) is 0 Å². The van der Waals surface area contributed by atoms with E-state index in [1.54, 1.807) is 7.11 Å². The van der Waals surface area contributed by atoms with Gasteiger partial charge in [-0.3, -0.25) is 10.1 Å². The van der Waals surface area contributed by atoms with Crippen LogP contribution in [0.2, 0.25) is 5.02 Å². The van der Waals surface area contributed by atoms with Gasteiger partial charge in [0.1, 0.15) is 5.56 Å². The molecule has 1 aromatic carbocycles. The number of hydrogen-bond acceptors (Lipinski definition) is 6. The Kier molecular flexibility index (Phi) is 7.66. The molecule has 0 saturated heterocycles. The standard InChI is InChI=1S/C13H16ClNO6/c1-19-7-8-20-5-2-6-21-13(16)11-9-10(14)3-4-12(11)15(17)18/h3-4,9H,2,5-8H2,1H3. The minimum atomic E-state index is -0.777. The van der Waals surface area contributed by atoms with E-state index in [2.05, 4.69) is 0 Å². The first kappa shape index (κ1) is 17.4. The van der Waals surface area contributed by atoms with E-state index in [4.69, 9.17) is 25.8 Å². The highest BCUT2D eigenvalue weighted by atomic mass is 35.5. The third-order valence-corrected chi connectivity index (χ3v) is 2.71. The molecule has 116 valence electrons. The number of carbonyl (C=O) groups is 1. The molecule has 0 N–H and O–H groups in total. The number of methoxy groups -OCH3 is 1. The second-order valence-corrected chi connectivity index (χ2v) is 4.45. The number of esters is 1. The van der Waals surface area contributed by atoms with Crippen molar-refractivity contribution in [1.82, 2.24) is 0 Å². The summed E-state index contributed by atoms with van der Waals surface area (Å²) in [7, 11) is 1.57. The molecule has 8 heteroatoms. The summed E-state index contributed by atoms with van der Waals surface area (Å²) in [6.45, 7) is 1.47. The zero-order valence-corrected chi connectivity index (χ0v) is 12.3. The van der Waals surface area contributed by atoms with Gasteiger partial charge in [-0.25, -0.2) is 4.79 Å². The van der Waals surface area contributed by atoms with Crippen molar-refractivity contribution in [3.05, 3.63) is 38.9 Å². The molecule has 0 spiro atoms. The van der Waals surface area contributed by atoms with Crippen molar-refractivity contribution in [2.75, 3.05) is 33.5 Å². The number of ether oxygens (including phenoxy) is 3. The smallest absolute Gasteiger partial charge is 0.345 e. The molecule has 0 amide bonds. The number of halogens is 1. The Morgan fingerprint density at radius 2 is 2.05 bits per heavy atom. The highest BCUT2D eigenvalue weighted by Crippen LogP contribution is 2.23. The van der Waals surface area contributed by atoms with Crippen LogP contribution in [0.25, 0.3) is 0 Å². The molecule has 1 aromatic rings. The van der Waals surface area contributed by atoms with Gasteiger partial charge in [0.05, 0.1) is 24.7 Å². The van der Waals surface area contributed by atoms with E-state index in [1.165, 1.54) is 18.2 Å². The summed E-state index contributed by atoms with van der Waals surface area (Å²) in [5, 5.41) is 11.1. The number of benzene rings is 1. The lowest BCUT2D eigenvalue weighted by atomic mass is 10.2. The highest BCUT2D eigenvalue weighted by Gasteiger charge is 2.21. The summed E-state index contributed by atoms with van der Waals surface area (Å²) in [5.41, 5.74) is -0.492. The normalized spacial score (nSPS) is 10.4. The van der Waals surface area contributed by atoms with Crippen LogP contribution >= 0.6 is 11.6 Å². The fourth-order valence-corrected chi connectivity index (χ4v) is 1.65. The van der Waals surface area contributed by atoms with Crippen LogP contribution in [0.15, 0.2) is 18.2 Å². The summed E-state index contributed by atoms with van der Waals surface area (Å²) in [6, 6.07) is 3.74. The van der Waals surface area contributed by atoms with Gasteiger partial charge in [0.15, 0.2) is 0 Å². The first-order valence-electron chi connectivity index (χ1n) is 6.24. The van der Waals surface area contributed by atoms with Gasteiger partial charge in [-0.1, -0.05) is 11.6 Å². The van der Waals surface area contributed by atoms with E-state index in [-0.39, 0.29) is 22.9 Å². The quantitative estimate of drug-likeness (QED) is 0.301. The Morgan fingerprint density at radius 1 is 1.29 bits per heavy atom. The van der Waals surface area contributed by atoms with E-state index in [1.807, 2.05) is 0 Å². The van der Waals surface area contributed by atoms with Gasteiger partial charge in [-0.05, 0) is 12.1 Å². The summed E-state index contributed by atoms with van der Waals surface area (Å²) < 4.78 is 15.0. The molecule has 0 bridgehead atoms. The molecule has 0 radical (unpaired) electrons. The number of nitro benzene ring substituents is 1. The summed E-state index contributed by atoms with van der Waals surface area (Å²) in [4.78, 5) is 22.0. The fraction of sp³-hybridized carbons (Fsp3) is 0.462. The second kappa shape index (κ2) is 9.28. The van der Waals surface area contributed by atoms with E-state index < -0.39 is 10.9 Å². The SMILES string of the molecule is COCCOCCCOC(=O)c1cc(Cl)ccc1[N+](=O)[O-]. The van der Waals surface area contributed by atoms with Crippen LogP contribution in [0.3, 0.4) is 0 Å². The molecule has 0 aliphatic carbocycles. The maximum atomic E-state index is 11.8. The summed E-state index contributed by atoms with van der Waals surface area (Å²) >= 11 is 5.74. The lowest BCUT2D eigenvalue weighted by Gasteiger charge is -2.06. The van der Waals surface area contributed by atoms with Crippen LogP contribution in [0.5, 0.6) is 0 Å². The fourth-order valence-electron chi connectivity index (χ4n) is 1.48. The minimum Gasteiger partial charge on any atom is -0.462 e. The lowest BCUT2D eigenvalue weighted by molar-refractivity contribution is -0.385. The molecule has 0 fully saturated rings. The van der Waals surface area contributed by atoms with Gasteiger partial charge in [-0.15, -0.1) is 0 Å². The molecular formula is C13H16ClNO6. The van der Waals surface area contributed by atoms with Crippen molar-refractivity contribution in [3.8, 4) is 0 Å². The maximum absolute atomic E-state index is 11.8. The van der Waals surface area contributed by atoms with Crippen LogP contribution in [0, 0.1) is 10.1 Å². The van der Waals surface area contributed by atoms with Crippen molar-refractivity contribution in [1.29, 1.82) is 0 Å². The monoisotopic (exact) mass is 317 g/mol. The average Bonchev–Trinajstić information content (AvgIpc) is 2.45. The van der Waals surface area contributed by atoms with Gasteiger partial charge in [0.25, 0.3) is 5.69 Å². The molecule has 0 aliphatic rings. The first-order chi connectivity index (χ1) is 10.1. The molecular weight excluding hydrogens is 302 g/mol. The van der Waals surface area contributed by atoms with Gasteiger partial charge in [0, 0.05) is 31.2 Å². The molecule has 0 atom stereocenters.